The van der Waals surface area contributed by atoms with Crippen LogP contribution in [0.2, 0.25) is 0 Å². The van der Waals surface area contributed by atoms with Crippen LogP contribution in [-0.2, 0) is 13.1 Å². The van der Waals surface area contributed by atoms with Gasteiger partial charge in [-0.2, -0.15) is 0 Å². The maximum Gasteiger partial charge on any atom is 0.272 e. The summed E-state index contributed by atoms with van der Waals surface area (Å²) in [5.41, 5.74) is 2.80. The zero-order valence-electron chi connectivity index (χ0n) is 12.0. The highest BCUT2D eigenvalue weighted by atomic mass is 16.6. The topological polar surface area (TPSA) is 77.3 Å². The number of aromatic nitrogens is 1. The highest BCUT2D eigenvalue weighted by Gasteiger charge is 2.12. The first kappa shape index (κ1) is 14.9. The average Bonchev–Trinajstić information content (AvgIpc) is 2.49. The van der Waals surface area contributed by atoms with Crippen molar-refractivity contribution in [1.29, 1.82) is 0 Å². The van der Waals surface area contributed by atoms with E-state index in [1.54, 1.807) is 32.4 Å². The van der Waals surface area contributed by atoms with Crippen LogP contribution in [-0.4, -0.2) is 17.0 Å². The van der Waals surface area contributed by atoms with Gasteiger partial charge in [-0.15, -0.1) is 0 Å². The molecule has 6 heteroatoms. The van der Waals surface area contributed by atoms with Crippen molar-refractivity contribution in [2.24, 2.45) is 0 Å². The van der Waals surface area contributed by atoms with E-state index in [9.17, 15) is 10.1 Å². The first-order valence-electron chi connectivity index (χ1n) is 6.54. The molecule has 2 rings (SSSR count). The molecule has 0 fully saturated rings. The second-order valence-corrected chi connectivity index (χ2v) is 4.63. The van der Waals surface area contributed by atoms with E-state index in [2.05, 4.69) is 10.3 Å². The van der Waals surface area contributed by atoms with Gasteiger partial charge in [-0.3, -0.25) is 10.1 Å². The lowest BCUT2D eigenvalue weighted by atomic mass is 10.1. The Hall–Kier alpha value is -2.47. The number of hydrogen-bond donors (Lipinski definition) is 1. The van der Waals surface area contributed by atoms with Crippen LogP contribution in [0.3, 0.4) is 0 Å². The Balaban J connectivity index is 1.97. The fraction of sp³-hybridized carbons (Fsp3) is 0.267. The molecule has 0 bridgehead atoms. The van der Waals surface area contributed by atoms with E-state index in [0.717, 1.165) is 11.1 Å². The standard InChI is InChI=1S/C15H17N3O3/c1-11-13(4-3-5-14(11)18(19)20)10-16-8-12-6-7-15(21-2)17-9-12/h3-7,9,16H,8,10H2,1-2H3. The lowest BCUT2D eigenvalue weighted by Gasteiger charge is -2.08. The summed E-state index contributed by atoms with van der Waals surface area (Å²) < 4.78 is 5.00. The van der Waals surface area contributed by atoms with Crippen LogP contribution in [0.25, 0.3) is 0 Å². The molecule has 0 spiro atoms. The lowest BCUT2D eigenvalue weighted by Crippen LogP contribution is -2.14. The molecule has 1 aromatic carbocycles. The van der Waals surface area contributed by atoms with Gasteiger partial charge in [0.25, 0.3) is 5.69 Å². The molecule has 0 amide bonds. The zero-order valence-corrected chi connectivity index (χ0v) is 12.0. The SMILES string of the molecule is COc1ccc(CNCc2cccc([N+](=O)[O-])c2C)cn1. The summed E-state index contributed by atoms with van der Waals surface area (Å²) in [4.78, 5) is 14.7. The molecule has 0 unspecified atom stereocenters. The Labute approximate surface area is 122 Å². The third-order valence-corrected chi connectivity index (χ3v) is 3.27. The molecule has 1 N–H and O–H groups in total. The fourth-order valence-electron chi connectivity index (χ4n) is 2.04. The minimum atomic E-state index is -0.355. The number of ether oxygens (including phenoxy) is 1. The maximum atomic E-state index is 10.9. The van der Waals surface area contributed by atoms with Gasteiger partial charge in [0.1, 0.15) is 0 Å². The van der Waals surface area contributed by atoms with Gasteiger partial charge in [-0.05, 0) is 18.1 Å². The highest BCUT2D eigenvalue weighted by Crippen LogP contribution is 2.20. The molecule has 0 saturated carbocycles. The first-order chi connectivity index (χ1) is 10.1. The van der Waals surface area contributed by atoms with Gasteiger partial charge < -0.3 is 10.1 Å². The van der Waals surface area contributed by atoms with Crippen LogP contribution in [0.5, 0.6) is 5.88 Å². The molecule has 0 radical (unpaired) electrons. The van der Waals surface area contributed by atoms with Gasteiger partial charge in [-0.25, -0.2) is 4.98 Å². The van der Waals surface area contributed by atoms with Gasteiger partial charge in [0.05, 0.1) is 12.0 Å². The predicted molar refractivity (Wildman–Crippen MR) is 79.2 cm³/mol. The van der Waals surface area contributed by atoms with E-state index in [0.29, 0.717) is 24.5 Å². The van der Waals surface area contributed by atoms with Gasteiger partial charge in [0.15, 0.2) is 0 Å². The molecular weight excluding hydrogens is 270 g/mol. The lowest BCUT2D eigenvalue weighted by molar-refractivity contribution is -0.385. The van der Waals surface area contributed by atoms with Crippen LogP contribution >= 0.6 is 0 Å². The maximum absolute atomic E-state index is 10.9. The second kappa shape index (κ2) is 6.81. The predicted octanol–water partition coefficient (Wildman–Crippen LogP) is 2.60. The quantitative estimate of drug-likeness (QED) is 0.652. The van der Waals surface area contributed by atoms with Crippen molar-refractivity contribution in [3.05, 3.63) is 63.3 Å². The Bertz CT molecular complexity index is 627. The van der Waals surface area contributed by atoms with Crippen LogP contribution in [0.15, 0.2) is 36.5 Å². The highest BCUT2D eigenvalue weighted by molar-refractivity contribution is 5.44. The molecule has 6 nitrogen and oxygen atoms in total. The molecule has 2 aromatic rings. The summed E-state index contributed by atoms with van der Waals surface area (Å²) in [6.45, 7) is 2.97. The number of nitrogens with one attached hydrogen (secondary N) is 1. The number of benzene rings is 1. The minimum Gasteiger partial charge on any atom is -0.481 e. The Kier molecular flexibility index (Phi) is 4.84. The monoisotopic (exact) mass is 287 g/mol. The third-order valence-electron chi connectivity index (χ3n) is 3.27. The fourth-order valence-corrected chi connectivity index (χ4v) is 2.04. The van der Waals surface area contributed by atoms with E-state index in [4.69, 9.17) is 4.74 Å². The van der Waals surface area contributed by atoms with Crippen molar-refractivity contribution >= 4 is 5.69 Å². The number of methoxy groups -OCH3 is 1. The van der Waals surface area contributed by atoms with E-state index in [1.165, 1.54) is 6.07 Å². The van der Waals surface area contributed by atoms with Crippen molar-refractivity contribution in [3.8, 4) is 5.88 Å². The summed E-state index contributed by atoms with van der Waals surface area (Å²) in [5, 5.41) is 14.2. The number of nitro benzene ring substituents is 1. The molecule has 110 valence electrons. The summed E-state index contributed by atoms with van der Waals surface area (Å²) in [6.07, 6.45) is 1.74. The largest absolute Gasteiger partial charge is 0.481 e. The van der Waals surface area contributed by atoms with Crippen molar-refractivity contribution in [2.45, 2.75) is 20.0 Å². The Morgan fingerprint density at radius 3 is 2.71 bits per heavy atom. The second-order valence-electron chi connectivity index (χ2n) is 4.63. The summed E-state index contributed by atoms with van der Waals surface area (Å²) in [7, 11) is 1.57. The van der Waals surface area contributed by atoms with Gasteiger partial charge in [-0.1, -0.05) is 18.2 Å². The molecule has 21 heavy (non-hydrogen) atoms. The van der Waals surface area contributed by atoms with E-state index >= 15 is 0 Å². The third kappa shape index (κ3) is 3.76. The van der Waals surface area contributed by atoms with Gasteiger partial charge >= 0.3 is 0 Å². The number of rotatable bonds is 6. The summed E-state index contributed by atoms with van der Waals surface area (Å²) in [6, 6.07) is 8.85. The number of pyridine rings is 1. The molecule has 1 heterocycles. The van der Waals surface area contributed by atoms with Gasteiger partial charge in [0, 0.05) is 37.0 Å². The molecule has 0 aliphatic carbocycles. The number of hydrogen-bond acceptors (Lipinski definition) is 5. The zero-order chi connectivity index (χ0) is 15.2. The van der Waals surface area contributed by atoms with E-state index in [-0.39, 0.29) is 10.6 Å². The Morgan fingerprint density at radius 2 is 2.10 bits per heavy atom. The normalized spacial score (nSPS) is 10.4. The summed E-state index contributed by atoms with van der Waals surface area (Å²) >= 11 is 0. The van der Waals surface area contributed by atoms with Gasteiger partial charge in [0.2, 0.25) is 5.88 Å². The molecule has 0 aliphatic heterocycles. The molecule has 1 aromatic heterocycles. The van der Waals surface area contributed by atoms with E-state index < -0.39 is 0 Å². The smallest absolute Gasteiger partial charge is 0.272 e. The van der Waals surface area contributed by atoms with Crippen molar-refractivity contribution in [2.75, 3.05) is 7.11 Å². The van der Waals surface area contributed by atoms with Crippen LogP contribution < -0.4 is 10.1 Å². The number of nitrogens with zero attached hydrogens (tertiary/aromatic N) is 2. The molecule has 0 aliphatic rings. The van der Waals surface area contributed by atoms with E-state index in [1.807, 2.05) is 12.1 Å². The Morgan fingerprint density at radius 1 is 1.29 bits per heavy atom. The molecular formula is C15H17N3O3. The van der Waals surface area contributed by atoms with Crippen LogP contribution in [0.4, 0.5) is 5.69 Å². The van der Waals surface area contributed by atoms with Crippen molar-refractivity contribution in [1.82, 2.24) is 10.3 Å². The first-order valence-corrected chi connectivity index (χ1v) is 6.54. The molecule has 0 saturated heterocycles. The van der Waals surface area contributed by atoms with Crippen LogP contribution in [0, 0.1) is 17.0 Å². The van der Waals surface area contributed by atoms with Crippen molar-refractivity contribution in [3.63, 3.8) is 0 Å². The van der Waals surface area contributed by atoms with Crippen LogP contribution in [0.1, 0.15) is 16.7 Å². The van der Waals surface area contributed by atoms with Crippen molar-refractivity contribution < 1.29 is 9.66 Å². The molecule has 0 atom stereocenters. The summed E-state index contributed by atoms with van der Waals surface area (Å²) in [5.74, 6) is 0.577. The average molecular weight is 287 g/mol. The number of nitro groups is 1. The minimum absolute atomic E-state index is 0.153.